The van der Waals surface area contributed by atoms with Gasteiger partial charge in [-0.15, -0.1) is 0 Å². The summed E-state index contributed by atoms with van der Waals surface area (Å²) >= 11 is 0. The Hall–Kier alpha value is -0.570. The van der Waals surface area contributed by atoms with Crippen molar-refractivity contribution in [1.29, 1.82) is 0 Å². The number of hydrogen-bond acceptors (Lipinski definition) is 2. The van der Waals surface area contributed by atoms with Crippen LogP contribution in [0.5, 0.6) is 0 Å². The van der Waals surface area contributed by atoms with E-state index in [1.54, 1.807) is 0 Å². The molecule has 1 rings (SSSR count). The Morgan fingerprint density at radius 2 is 2.31 bits per heavy atom. The third kappa shape index (κ3) is 2.99. The fourth-order valence-corrected chi connectivity index (χ4v) is 1.66. The Bertz CT molecular complexity index is 180. The van der Waals surface area contributed by atoms with Crippen LogP contribution in [0.15, 0.2) is 0 Å². The van der Waals surface area contributed by atoms with Crippen molar-refractivity contribution in [3.05, 3.63) is 0 Å². The maximum atomic E-state index is 11.3. The smallest absolute Gasteiger partial charge is 0.222 e. The second-order valence-corrected chi connectivity index (χ2v) is 4.18. The first-order valence-corrected chi connectivity index (χ1v) is 5.09. The van der Waals surface area contributed by atoms with E-state index in [-0.39, 0.29) is 11.8 Å². The number of hydrogen-bond donors (Lipinski definition) is 1. The monoisotopic (exact) mass is 184 g/mol. The zero-order valence-electron chi connectivity index (χ0n) is 8.84. The normalized spacial score (nSPS) is 23.8. The summed E-state index contributed by atoms with van der Waals surface area (Å²) in [6, 6.07) is 0.558. The highest BCUT2D eigenvalue weighted by Crippen LogP contribution is 2.13. The molecule has 1 atom stereocenters. The van der Waals surface area contributed by atoms with E-state index in [1.807, 2.05) is 13.8 Å². The minimum Gasteiger partial charge on any atom is -0.354 e. The minimum absolute atomic E-state index is 0.103. The molecule has 13 heavy (non-hydrogen) atoms. The van der Waals surface area contributed by atoms with Gasteiger partial charge in [0.05, 0.1) is 0 Å². The van der Waals surface area contributed by atoms with E-state index in [2.05, 4.69) is 17.3 Å². The number of amides is 1. The predicted octanol–water partition coefficient (Wildman–Crippen LogP) is 0.853. The Kier molecular flexibility index (Phi) is 3.72. The number of nitrogens with zero attached hydrogens (tertiary/aromatic N) is 1. The van der Waals surface area contributed by atoms with E-state index < -0.39 is 0 Å². The van der Waals surface area contributed by atoms with Crippen LogP contribution >= 0.6 is 0 Å². The van der Waals surface area contributed by atoms with Crippen LogP contribution in [-0.2, 0) is 4.79 Å². The van der Waals surface area contributed by atoms with Gasteiger partial charge in [-0.3, -0.25) is 4.79 Å². The standard InChI is InChI=1S/C10H20N2O/c1-8(2)10(13)11-7-9-5-4-6-12(9)3/h8-9H,4-7H2,1-3H3,(H,11,13)/t9-/m1/s1. The Morgan fingerprint density at radius 1 is 1.62 bits per heavy atom. The summed E-state index contributed by atoms with van der Waals surface area (Å²) < 4.78 is 0. The number of nitrogens with one attached hydrogen (secondary N) is 1. The van der Waals surface area contributed by atoms with Crippen LogP contribution in [0, 0.1) is 5.92 Å². The molecule has 1 fully saturated rings. The van der Waals surface area contributed by atoms with E-state index in [0.29, 0.717) is 6.04 Å². The number of likely N-dealkylation sites (tertiary alicyclic amines) is 1. The van der Waals surface area contributed by atoms with Gasteiger partial charge in [0.25, 0.3) is 0 Å². The molecule has 1 aliphatic rings. The predicted molar refractivity (Wildman–Crippen MR) is 53.5 cm³/mol. The van der Waals surface area contributed by atoms with Crippen LogP contribution < -0.4 is 5.32 Å². The van der Waals surface area contributed by atoms with Crippen molar-refractivity contribution >= 4 is 5.91 Å². The quantitative estimate of drug-likeness (QED) is 0.705. The highest BCUT2D eigenvalue weighted by molar-refractivity contribution is 5.77. The summed E-state index contributed by atoms with van der Waals surface area (Å²) in [6.45, 7) is 5.83. The molecule has 0 aliphatic carbocycles. The Labute approximate surface area is 80.5 Å². The van der Waals surface area contributed by atoms with Gasteiger partial charge in [0.1, 0.15) is 0 Å². The summed E-state index contributed by atoms with van der Waals surface area (Å²) in [5.41, 5.74) is 0. The van der Waals surface area contributed by atoms with Crippen molar-refractivity contribution in [1.82, 2.24) is 10.2 Å². The summed E-state index contributed by atoms with van der Waals surface area (Å²) in [7, 11) is 2.12. The molecule has 76 valence electrons. The first-order valence-electron chi connectivity index (χ1n) is 5.09. The van der Waals surface area contributed by atoms with E-state index >= 15 is 0 Å². The fraction of sp³-hybridized carbons (Fsp3) is 0.900. The molecule has 1 amide bonds. The van der Waals surface area contributed by atoms with Crippen LogP contribution in [0.2, 0.25) is 0 Å². The fourth-order valence-electron chi connectivity index (χ4n) is 1.66. The van der Waals surface area contributed by atoms with Crippen molar-refractivity contribution in [2.75, 3.05) is 20.1 Å². The van der Waals surface area contributed by atoms with E-state index in [4.69, 9.17) is 0 Å². The molecule has 3 heteroatoms. The van der Waals surface area contributed by atoms with Gasteiger partial charge in [0.2, 0.25) is 5.91 Å². The molecule has 0 saturated carbocycles. The van der Waals surface area contributed by atoms with Crippen LogP contribution in [0.3, 0.4) is 0 Å². The summed E-state index contributed by atoms with van der Waals surface area (Å²) in [5, 5.41) is 2.97. The number of rotatable bonds is 3. The summed E-state index contributed by atoms with van der Waals surface area (Å²) in [4.78, 5) is 13.6. The largest absolute Gasteiger partial charge is 0.354 e. The van der Waals surface area contributed by atoms with Crippen LogP contribution in [0.25, 0.3) is 0 Å². The van der Waals surface area contributed by atoms with Gasteiger partial charge >= 0.3 is 0 Å². The lowest BCUT2D eigenvalue weighted by Crippen LogP contribution is -2.39. The molecule has 0 radical (unpaired) electrons. The summed E-state index contributed by atoms with van der Waals surface area (Å²) in [5.74, 6) is 0.270. The van der Waals surface area contributed by atoms with Gasteiger partial charge in [-0.1, -0.05) is 13.8 Å². The molecular weight excluding hydrogens is 164 g/mol. The van der Waals surface area contributed by atoms with Gasteiger partial charge in [-0.2, -0.15) is 0 Å². The maximum absolute atomic E-state index is 11.3. The Morgan fingerprint density at radius 3 is 2.77 bits per heavy atom. The third-order valence-electron chi connectivity index (χ3n) is 2.71. The molecule has 0 aromatic carbocycles. The molecule has 1 N–H and O–H groups in total. The molecular formula is C10H20N2O. The topological polar surface area (TPSA) is 32.3 Å². The first kappa shape index (κ1) is 10.5. The lowest BCUT2D eigenvalue weighted by Gasteiger charge is -2.20. The van der Waals surface area contributed by atoms with E-state index in [9.17, 15) is 4.79 Å². The zero-order valence-corrected chi connectivity index (χ0v) is 8.84. The molecule has 3 nitrogen and oxygen atoms in total. The van der Waals surface area contributed by atoms with Gasteiger partial charge < -0.3 is 10.2 Å². The van der Waals surface area contributed by atoms with Crippen molar-refractivity contribution in [3.63, 3.8) is 0 Å². The average Bonchev–Trinajstić information content (AvgIpc) is 2.47. The molecule has 0 spiro atoms. The SMILES string of the molecule is CC(C)C(=O)NC[C@H]1CCCN1C. The number of carbonyl (C=O) groups excluding carboxylic acids is 1. The molecule has 0 aromatic heterocycles. The minimum atomic E-state index is 0.103. The molecule has 1 saturated heterocycles. The van der Waals surface area contributed by atoms with Crippen molar-refractivity contribution in [2.45, 2.75) is 32.7 Å². The second-order valence-electron chi connectivity index (χ2n) is 4.18. The highest BCUT2D eigenvalue weighted by Gasteiger charge is 2.21. The number of likely N-dealkylation sites (N-methyl/N-ethyl adjacent to an activating group) is 1. The first-order chi connectivity index (χ1) is 6.11. The van der Waals surface area contributed by atoms with Crippen molar-refractivity contribution < 1.29 is 4.79 Å². The van der Waals surface area contributed by atoms with E-state index in [0.717, 1.165) is 6.54 Å². The lowest BCUT2D eigenvalue weighted by atomic mass is 10.2. The van der Waals surface area contributed by atoms with Crippen LogP contribution in [-0.4, -0.2) is 37.0 Å². The van der Waals surface area contributed by atoms with Crippen LogP contribution in [0.1, 0.15) is 26.7 Å². The van der Waals surface area contributed by atoms with Crippen molar-refractivity contribution in [3.8, 4) is 0 Å². The average molecular weight is 184 g/mol. The second kappa shape index (κ2) is 4.61. The lowest BCUT2D eigenvalue weighted by molar-refractivity contribution is -0.124. The van der Waals surface area contributed by atoms with Crippen molar-refractivity contribution in [2.24, 2.45) is 5.92 Å². The van der Waals surface area contributed by atoms with Gasteiger partial charge in [0, 0.05) is 18.5 Å². The zero-order chi connectivity index (χ0) is 9.84. The molecule has 0 unspecified atom stereocenters. The molecule has 0 aromatic rings. The highest BCUT2D eigenvalue weighted by atomic mass is 16.1. The molecule has 1 heterocycles. The molecule has 1 aliphatic heterocycles. The maximum Gasteiger partial charge on any atom is 0.222 e. The number of carbonyl (C=O) groups is 1. The van der Waals surface area contributed by atoms with Gasteiger partial charge in [-0.25, -0.2) is 0 Å². The third-order valence-corrected chi connectivity index (χ3v) is 2.71. The molecule has 0 bridgehead atoms. The Balaban J connectivity index is 2.22. The summed E-state index contributed by atoms with van der Waals surface area (Å²) in [6.07, 6.45) is 2.48. The van der Waals surface area contributed by atoms with Gasteiger partial charge in [-0.05, 0) is 26.4 Å². The van der Waals surface area contributed by atoms with E-state index in [1.165, 1.54) is 19.4 Å². The van der Waals surface area contributed by atoms with Gasteiger partial charge in [0.15, 0.2) is 0 Å². The van der Waals surface area contributed by atoms with Crippen LogP contribution in [0.4, 0.5) is 0 Å².